The molecule has 1 N–H and O–H groups in total. The van der Waals surface area contributed by atoms with Gasteiger partial charge in [-0.25, -0.2) is 4.79 Å². The monoisotopic (exact) mass is 200 g/mol. The number of rotatable bonds is 8. The molecule has 0 bridgehead atoms. The average molecular weight is 200 g/mol. The second-order valence-electron chi connectivity index (χ2n) is 2.64. The molecule has 0 aliphatic heterocycles. The minimum Gasteiger partial charge on any atom is -0.478 e. The van der Waals surface area contributed by atoms with Gasteiger partial charge in [0.15, 0.2) is 6.29 Å². The Morgan fingerprint density at radius 2 is 2.29 bits per heavy atom. The van der Waals surface area contributed by atoms with Gasteiger partial charge in [0.25, 0.3) is 0 Å². The minimum atomic E-state index is -0.987. The molecule has 0 saturated heterocycles. The molecule has 0 rings (SSSR count). The van der Waals surface area contributed by atoms with E-state index < -0.39 is 12.3 Å². The Kier molecular flexibility index (Phi) is 6.49. The first kappa shape index (κ1) is 12.7. The van der Waals surface area contributed by atoms with Crippen LogP contribution < -0.4 is 0 Å². The fraction of sp³-hybridized carbons (Fsp3) is 0.500. The molecule has 0 aliphatic carbocycles. The number of hydrogen-bond donors (Lipinski definition) is 1. The van der Waals surface area contributed by atoms with E-state index in [9.17, 15) is 4.79 Å². The minimum absolute atomic E-state index is 0.155. The van der Waals surface area contributed by atoms with Gasteiger partial charge in [0.2, 0.25) is 0 Å². The third-order valence-electron chi connectivity index (χ3n) is 1.58. The van der Waals surface area contributed by atoms with E-state index in [1.807, 2.05) is 6.92 Å². The van der Waals surface area contributed by atoms with Gasteiger partial charge in [-0.3, -0.25) is 0 Å². The molecular formula is C10H16O4. The van der Waals surface area contributed by atoms with Gasteiger partial charge in [-0.1, -0.05) is 13.2 Å². The Labute approximate surface area is 83.8 Å². The molecule has 0 aliphatic rings. The van der Waals surface area contributed by atoms with Crippen LogP contribution in [0, 0.1) is 0 Å². The van der Waals surface area contributed by atoms with Crippen LogP contribution in [0.1, 0.15) is 19.8 Å². The summed E-state index contributed by atoms with van der Waals surface area (Å²) >= 11 is 0. The van der Waals surface area contributed by atoms with Crippen molar-refractivity contribution in [3.63, 3.8) is 0 Å². The second-order valence-corrected chi connectivity index (χ2v) is 2.64. The third-order valence-corrected chi connectivity index (χ3v) is 1.58. The molecule has 0 heterocycles. The lowest BCUT2D eigenvalue weighted by atomic mass is 10.1. The summed E-state index contributed by atoms with van der Waals surface area (Å²) in [4.78, 5) is 10.4. The Balaban J connectivity index is 3.85. The number of carboxylic acids is 1. The van der Waals surface area contributed by atoms with Crippen molar-refractivity contribution >= 4 is 5.97 Å². The van der Waals surface area contributed by atoms with Crippen LogP contribution in [-0.4, -0.2) is 24.0 Å². The standard InChI is InChI=1S/C10H16O4/c1-4-13-9(14-5-2)7-6-8(3)10(11)12/h4,9H,1,3,5-7H2,2H3,(H,11,12). The highest BCUT2D eigenvalue weighted by molar-refractivity contribution is 5.85. The molecule has 1 unspecified atom stereocenters. The van der Waals surface area contributed by atoms with Crippen LogP contribution >= 0.6 is 0 Å². The topological polar surface area (TPSA) is 55.8 Å². The van der Waals surface area contributed by atoms with Crippen molar-refractivity contribution in [2.24, 2.45) is 0 Å². The summed E-state index contributed by atoms with van der Waals surface area (Å²) in [6.07, 6.45) is 1.65. The quantitative estimate of drug-likeness (QED) is 0.369. The number of hydrogen-bond acceptors (Lipinski definition) is 3. The summed E-state index contributed by atoms with van der Waals surface area (Å²) in [5.74, 6) is -0.987. The fourth-order valence-electron chi connectivity index (χ4n) is 0.883. The molecule has 14 heavy (non-hydrogen) atoms. The highest BCUT2D eigenvalue weighted by Crippen LogP contribution is 2.10. The lowest BCUT2D eigenvalue weighted by Crippen LogP contribution is -2.15. The Hall–Kier alpha value is -1.29. The number of carboxylic acid groups (broad SMARTS) is 1. The molecule has 0 aromatic rings. The zero-order valence-corrected chi connectivity index (χ0v) is 8.36. The van der Waals surface area contributed by atoms with Gasteiger partial charge >= 0.3 is 5.97 Å². The average Bonchev–Trinajstić information content (AvgIpc) is 2.14. The van der Waals surface area contributed by atoms with Crippen LogP contribution in [0.4, 0.5) is 0 Å². The van der Waals surface area contributed by atoms with Crippen molar-refractivity contribution < 1.29 is 19.4 Å². The van der Waals surface area contributed by atoms with E-state index >= 15 is 0 Å². The molecule has 0 radical (unpaired) electrons. The smallest absolute Gasteiger partial charge is 0.330 e. The van der Waals surface area contributed by atoms with Gasteiger partial charge in [0.05, 0.1) is 6.26 Å². The zero-order valence-electron chi connectivity index (χ0n) is 8.36. The van der Waals surface area contributed by atoms with E-state index in [1.54, 1.807) is 0 Å². The van der Waals surface area contributed by atoms with E-state index in [2.05, 4.69) is 13.2 Å². The van der Waals surface area contributed by atoms with Crippen molar-refractivity contribution in [1.82, 2.24) is 0 Å². The normalized spacial score (nSPS) is 11.8. The maximum Gasteiger partial charge on any atom is 0.330 e. The number of aliphatic carboxylic acids is 1. The summed E-state index contributed by atoms with van der Waals surface area (Å²) in [5.41, 5.74) is 0.155. The molecule has 0 aromatic carbocycles. The van der Waals surface area contributed by atoms with E-state index in [1.165, 1.54) is 6.26 Å². The van der Waals surface area contributed by atoms with Crippen LogP contribution in [0.25, 0.3) is 0 Å². The molecule has 0 amide bonds. The van der Waals surface area contributed by atoms with Crippen LogP contribution in [0.3, 0.4) is 0 Å². The molecule has 1 atom stereocenters. The van der Waals surface area contributed by atoms with Crippen molar-refractivity contribution in [2.45, 2.75) is 26.1 Å². The molecule has 0 saturated carbocycles. The highest BCUT2D eigenvalue weighted by atomic mass is 16.7. The first-order chi connectivity index (χ1) is 6.61. The molecule has 0 spiro atoms. The Morgan fingerprint density at radius 1 is 1.64 bits per heavy atom. The molecule has 80 valence electrons. The second kappa shape index (κ2) is 7.15. The first-order valence-electron chi connectivity index (χ1n) is 4.40. The van der Waals surface area contributed by atoms with Crippen molar-refractivity contribution in [3.05, 3.63) is 25.0 Å². The summed E-state index contributed by atoms with van der Waals surface area (Å²) in [5, 5.41) is 8.55. The zero-order chi connectivity index (χ0) is 11.0. The number of ether oxygens (including phenoxy) is 2. The van der Waals surface area contributed by atoms with Gasteiger partial charge in [-0.2, -0.15) is 0 Å². The van der Waals surface area contributed by atoms with Crippen LogP contribution in [0.2, 0.25) is 0 Å². The predicted octanol–water partition coefficient (Wildman–Crippen LogP) is 1.93. The largest absolute Gasteiger partial charge is 0.478 e. The maximum absolute atomic E-state index is 10.4. The molecule has 0 aromatic heterocycles. The molecule has 4 heteroatoms. The highest BCUT2D eigenvalue weighted by Gasteiger charge is 2.11. The Bertz CT molecular complexity index is 210. The molecule has 4 nitrogen and oxygen atoms in total. The van der Waals surface area contributed by atoms with Crippen molar-refractivity contribution in [1.29, 1.82) is 0 Å². The summed E-state index contributed by atoms with van der Waals surface area (Å²) in [6.45, 7) is 9.16. The Morgan fingerprint density at radius 3 is 2.71 bits per heavy atom. The van der Waals surface area contributed by atoms with E-state index in [0.29, 0.717) is 19.4 Å². The number of carbonyl (C=O) groups is 1. The predicted molar refractivity (Wildman–Crippen MR) is 52.7 cm³/mol. The summed E-state index contributed by atoms with van der Waals surface area (Å²) < 4.78 is 10.2. The summed E-state index contributed by atoms with van der Waals surface area (Å²) in [6, 6.07) is 0. The van der Waals surface area contributed by atoms with Crippen LogP contribution in [0.5, 0.6) is 0 Å². The first-order valence-corrected chi connectivity index (χ1v) is 4.40. The van der Waals surface area contributed by atoms with Gasteiger partial charge in [-0.05, 0) is 13.3 Å². The van der Waals surface area contributed by atoms with Crippen LogP contribution in [0.15, 0.2) is 25.0 Å². The van der Waals surface area contributed by atoms with Gasteiger partial charge in [0, 0.05) is 18.6 Å². The fourth-order valence-corrected chi connectivity index (χ4v) is 0.883. The van der Waals surface area contributed by atoms with E-state index in [4.69, 9.17) is 14.6 Å². The van der Waals surface area contributed by atoms with Crippen molar-refractivity contribution in [2.75, 3.05) is 6.61 Å². The van der Waals surface area contributed by atoms with Gasteiger partial charge in [-0.15, -0.1) is 0 Å². The SMILES string of the molecule is C=COC(CCC(=C)C(=O)O)OCC. The third kappa shape index (κ3) is 5.37. The van der Waals surface area contributed by atoms with Crippen molar-refractivity contribution in [3.8, 4) is 0 Å². The van der Waals surface area contributed by atoms with E-state index in [-0.39, 0.29) is 5.57 Å². The van der Waals surface area contributed by atoms with Gasteiger partial charge < -0.3 is 14.6 Å². The lowest BCUT2D eigenvalue weighted by Gasteiger charge is -2.15. The molecular weight excluding hydrogens is 184 g/mol. The van der Waals surface area contributed by atoms with E-state index in [0.717, 1.165) is 0 Å². The summed E-state index contributed by atoms with van der Waals surface area (Å²) in [7, 11) is 0. The molecule has 0 fully saturated rings. The maximum atomic E-state index is 10.4. The van der Waals surface area contributed by atoms with Gasteiger partial charge in [0.1, 0.15) is 0 Å². The van der Waals surface area contributed by atoms with Crippen LogP contribution in [-0.2, 0) is 14.3 Å². The lowest BCUT2D eigenvalue weighted by molar-refractivity contribution is -0.133.